The molecule has 0 bridgehead atoms. The molecule has 1 fully saturated rings. The van der Waals surface area contributed by atoms with Crippen molar-refractivity contribution in [3.05, 3.63) is 81.8 Å². The summed E-state index contributed by atoms with van der Waals surface area (Å²) in [7, 11) is 3.78. The van der Waals surface area contributed by atoms with Crippen LogP contribution >= 0.6 is 32.9 Å². The van der Waals surface area contributed by atoms with Crippen LogP contribution in [0.1, 0.15) is 178 Å². The minimum absolute atomic E-state index is 0.0217. The van der Waals surface area contributed by atoms with Crippen LogP contribution in [0.25, 0.3) is 0 Å². The number of esters is 2. The van der Waals surface area contributed by atoms with Crippen molar-refractivity contribution in [2.45, 2.75) is 224 Å². The first-order valence-electron chi connectivity index (χ1n) is 39.0. The lowest BCUT2D eigenvalue weighted by atomic mass is 9.92. The lowest BCUT2D eigenvalue weighted by molar-refractivity contribution is -0.161. The fourth-order valence-corrected chi connectivity index (χ4v) is 15.2. The predicted octanol–water partition coefficient (Wildman–Crippen LogP) is 2.97. The van der Waals surface area contributed by atoms with Gasteiger partial charge in [-0.2, -0.15) is 0 Å². The highest BCUT2D eigenvalue weighted by molar-refractivity contribution is 8.76. The number of ether oxygens (including phenoxy) is 3. The number of rotatable bonds is 53. The van der Waals surface area contributed by atoms with Crippen molar-refractivity contribution in [3.8, 4) is 5.75 Å². The number of aromatic hydroxyl groups is 1. The minimum Gasteiger partial charge on any atom is -0.508 e. The molecule has 2 aromatic carbocycles. The zero-order valence-electron chi connectivity index (χ0n) is 68.2. The second kappa shape index (κ2) is 52.6. The molecule has 121 heavy (non-hydrogen) atoms. The number of phenolic OH excluding ortho intramolecular Hbond substituents is 1. The molecule has 13 atom stereocenters. The number of likely N-dealkylation sites (N-methyl/N-ethyl adjacent to an activating group) is 1. The minimum atomic E-state index is -1.95. The van der Waals surface area contributed by atoms with E-state index in [1.807, 2.05) is 50.3 Å². The van der Waals surface area contributed by atoms with Gasteiger partial charge in [0.05, 0.1) is 12.5 Å². The standard InChI is InChI=1S/C77H109N13O28S3/c1-9-16-63(99)117-40-90(71(105)64(42(5)10-2)86-69(104)56-19-14-15-30-89(56)8)57(41(3)4)37-58(118-44(7)91)70-83-54(38-119-70)68(103)78-47(34-46-20-22-48(92)23-21-46)33-43(6)65(100)87-88-77(115)116-31-32-120-121-39-55(75(112)113)82-66(101)52(35-45-17-12-11-13-18-45)81-67(102)53(36-62(97)98)80-60(94)27-24-49(72(106)107)79-59(93)28-25-50(73(108)109)84-76(114)85-51(74(110)111)26-29-61(95)96/h11-13,17-18,20-23,38,41-43,47,49-53,55-58,64,92H,9-10,14-16,19,24-37,39-40H2,1-8H3,(H,78,103)(H,79,93)(H,80,94)(H,81,102)(H,82,101)(H,86,104)(H,87,100)(H,88,115)(H,95,96)(H,97,98)(H,106,107)(H,108,109)(H,110,111)(H,112,113)(H2,84,85,114)/t42-,43-,47+,49-,50+,51-,52-,53-,55-,56+,57+,58+,64-/m0/s1. The smallest absolute Gasteiger partial charge is 0.426 e. The Bertz CT molecular complexity index is 4050. The number of amides is 11. The number of piperidine rings is 1. The SMILES string of the molecule is CCCC(=O)OCN(C(=O)[C@@H](NC(=O)[C@H]1CCCCN1C)[C@@H](C)CC)[C@H](C[C@@H](OC(C)=O)c1nc(C(=O)N[C@@H](Cc2ccc(O)cc2)C[C@H](C)C(=O)NNC(=O)OCCSSC[C@H](NC(=O)[C@H](Cc2ccccc2)NC(=O)[C@H](CC(=O)O)NC(=O)CC[C@H](NC(=O)CC[C@@H](NC(=O)N[C@@H](CCC(=O)O)C(=O)O)C(=O)O)C(=O)O)C(=O)O)cs1)C(C)C. The number of hydrogen-bond acceptors (Lipinski definition) is 27. The Morgan fingerprint density at radius 3 is 1.75 bits per heavy atom. The number of carboxylic acids is 6. The van der Waals surface area contributed by atoms with E-state index >= 15 is 4.79 Å². The number of carbonyl (C=O) groups excluding carboxylic acids is 12. The number of carbonyl (C=O) groups is 18. The number of aromatic nitrogens is 1. The van der Waals surface area contributed by atoms with Gasteiger partial charge in [0.15, 0.2) is 12.8 Å². The molecule has 3 aromatic rings. The van der Waals surface area contributed by atoms with Crippen LogP contribution < -0.4 is 53.4 Å². The lowest BCUT2D eigenvalue weighted by Gasteiger charge is -2.39. The first kappa shape index (κ1) is 102. The molecule has 17 N–H and O–H groups in total. The highest BCUT2D eigenvalue weighted by Crippen LogP contribution is 2.33. The van der Waals surface area contributed by atoms with Gasteiger partial charge in [-0.1, -0.05) is 118 Å². The normalized spacial score (nSPS) is 15.5. The summed E-state index contributed by atoms with van der Waals surface area (Å²) in [6.07, 6.45) is -4.42. The van der Waals surface area contributed by atoms with Crippen molar-refractivity contribution in [1.82, 2.24) is 68.2 Å². The number of carboxylic acid groups (broad SMARTS) is 6. The number of nitrogens with one attached hydrogen (secondary N) is 10. The van der Waals surface area contributed by atoms with Crippen molar-refractivity contribution in [2.75, 3.05) is 38.4 Å². The Kier molecular flexibility index (Phi) is 44.3. The van der Waals surface area contributed by atoms with Crippen LogP contribution in [0.2, 0.25) is 0 Å². The summed E-state index contributed by atoms with van der Waals surface area (Å²) >= 11 is 1.000. The zero-order chi connectivity index (χ0) is 90.2. The Hall–Kier alpha value is -11.4. The monoisotopic (exact) mass is 1760 g/mol. The number of hydrogen-bond donors (Lipinski definition) is 17. The number of urea groups is 1. The van der Waals surface area contributed by atoms with Crippen LogP contribution in [0.4, 0.5) is 9.59 Å². The van der Waals surface area contributed by atoms with E-state index in [9.17, 15) is 112 Å². The maximum Gasteiger partial charge on any atom is 0.426 e. The average molecular weight is 1760 g/mol. The summed E-state index contributed by atoms with van der Waals surface area (Å²) in [5, 5.41) is 87.8. The number of benzene rings is 2. The van der Waals surface area contributed by atoms with Crippen LogP contribution in [0.5, 0.6) is 5.75 Å². The van der Waals surface area contributed by atoms with Gasteiger partial charge in [-0.15, -0.1) is 11.3 Å². The fourth-order valence-electron chi connectivity index (χ4n) is 12.3. The zero-order valence-corrected chi connectivity index (χ0v) is 70.6. The van der Waals surface area contributed by atoms with Gasteiger partial charge in [0.2, 0.25) is 41.4 Å². The molecule has 41 nitrogen and oxygen atoms in total. The molecule has 0 radical (unpaired) electrons. The van der Waals surface area contributed by atoms with Gasteiger partial charge < -0.3 is 97.4 Å². The number of nitrogens with zero attached hydrogens (tertiary/aromatic N) is 3. The maximum absolute atomic E-state index is 15.0. The van der Waals surface area contributed by atoms with E-state index in [1.54, 1.807) is 49.4 Å². The molecule has 0 saturated carbocycles. The van der Waals surface area contributed by atoms with Gasteiger partial charge in [0.1, 0.15) is 65.4 Å². The molecule has 2 heterocycles. The third kappa shape index (κ3) is 37.4. The van der Waals surface area contributed by atoms with Gasteiger partial charge in [0, 0.05) is 80.3 Å². The fraction of sp³-hybridized carbons (Fsp3) is 0.571. The molecule has 11 amide bonds. The Balaban J connectivity index is 1.36. The highest BCUT2D eigenvalue weighted by atomic mass is 33.1. The molecule has 1 saturated heterocycles. The molecule has 1 aliphatic heterocycles. The van der Waals surface area contributed by atoms with E-state index in [-0.39, 0.29) is 84.4 Å². The van der Waals surface area contributed by atoms with Gasteiger partial charge >= 0.3 is 59.9 Å². The number of hydrazine groups is 1. The Labute approximate surface area is 708 Å². The summed E-state index contributed by atoms with van der Waals surface area (Å²) in [6, 6.07) is -1.12. The summed E-state index contributed by atoms with van der Waals surface area (Å²) in [5.41, 5.74) is 5.39. The molecule has 44 heteroatoms. The summed E-state index contributed by atoms with van der Waals surface area (Å²) in [5.74, 6) is -19.6. The second-order valence-electron chi connectivity index (χ2n) is 29.1. The Morgan fingerprint density at radius 1 is 0.612 bits per heavy atom. The summed E-state index contributed by atoms with van der Waals surface area (Å²) < 4.78 is 16.8. The predicted molar refractivity (Wildman–Crippen MR) is 434 cm³/mol. The van der Waals surface area contributed by atoms with E-state index in [1.165, 1.54) is 36.3 Å². The topological polar surface area (TPSA) is 616 Å². The quantitative estimate of drug-likeness (QED) is 0.00964. The number of aliphatic carboxylic acids is 6. The largest absolute Gasteiger partial charge is 0.508 e. The molecule has 4 rings (SSSR count). The van der Waals surface area contributed by atoms with E-state index in [2.05, 4.69) is 47.7 Å². The molecular formula is C77H109N13O28S3. The van der Waals surface area contributed by atoms with Gasteiger partial charge in [-0.3, -0.25) is 67.9 Å². The van der Waals surface area contributed by atoms with Crippen molar-refractivity contribution in [3.63, 3.8) is 0 Å². The summed E-state index contributed by atoms with van der Waals surface area (Å²) in [6.45, 7) is 11.8. The number of phenols is 1. The van der Waals surface area contributed by atoms with E-state index in [0.717, 1.165) is 45.8 Å². The average Bonchev–Trinajstić information content (AvgIpc) is 1.78. The van der Waals surface area contributed by atoms with Crippen LogP contribution in [-0.2, 0) is 99.0 Å². The molecule has 668 valence electrons. The third-order valence-electron chi connectivity index (χ3n) is 19.1. The first-order chi connectivity index (χ1) is 57.2. The van der Waals surface area contributed by atoms with Gasteiger partial charge in [-0.05, 0) is 100 Å². The van der Waals surface area contributed by atoms with Crippen LogP contribution in [0.15, 0.2) is 60.0 Å². The molecule has 0 unspecified atom stereocenters. The third-order valence-corrected chi connectivity index (χ3v) is 22.4. The van der Waals surface area contributed by atoms with Crippen LogP contribution in [0, 0.1) is 17.8 Å². The number of likely N-dealkylation sites (tertiary alicyclic amines) is 1. The molecule has 0 aliphatic carbocycles. The molecule has 0 spiro atoms. The van der Waals surface area contributed by atoms with Gasteiger partial charge in [0.25, 0.3) is 5.91 Å². The summed E-state index contributed by atoms with van der Waals surface area (Å²) in [4.78, 5) is 241. The Morgan fingerprint density at radius 2 is 1.19 bits per heavy atom. The first-order valence-corrected chi connectivity index (χ1v) is 42.4. The lowest BCUT2D eigenvalue weighted by Crippen LogP contribution is -2.59. The van der Waals surface area contributed by atoms with E-state index in [4.69, 9.17) is 19.3 Å². The molecular weight excluding hydrogens is 1650 g/mol. The number of thiazole rings is 1. The maximum atomic E-state index is 15.0. The van der Waals surface area contributed by atoms with Crippen LogP contribution in [0.3, 0.4) is 0 Å². The van der Waals surface area contributed by atoms with Crippen molar-refractivity contribution >= 4 is 140 Å². The van der Waals surface area contributed by atoms with E-state index < -0.39 is 225 Å². The second-order valence-corrected chi connectivity index (χ2v) is 32.6. The highest BCUT2D eigenvalue weighted by Gasteiger charge is 2.41. The molecule has 1 aromatic heterocycles. The van der Waals surface area contributed by atoms with Crippen molar-refractivity contribution in [1.29, 1.82) is 0 Å². The van der Waals surface area contributed by atoms with Crippen molar-refractivity contribution < 1.29 is 136 Å². The van der Waals surface area contributed by atoms with Crippen LogP contribution in [-0.4, -0.2) is 257 Å². The van der Waals surface area contributed by atoms with E-state index in [0.29, 0.717) is 36.9 Å². The van der Waals surface area contributed by atoms with Crippen molar-refractivity contribution in [2.24, 2.45) is 17.8 Å². The van der Waals surface area contributed by atoms with Gasteiger partial charge in [-0.25, -0.2) is 39.2 Å². The molecule has 1 aliphatic rings.